The van der Waals surface area contributed by atoms with Crippen LogP contribution in [-0.4, -0.2) is 28.6 Å². The van der Waals surface area contributed by atoms with Gasteiger partial charge in [-0.25, -0.2) is 4.79 Å². The maximum absolute atomic E-state index is 11.7. The minimum absolute atomic E-state index is 0.119. The molecule has 1 aromatic rings. The largest absolute Gasteiger partial charge is 0.481 e. The highest BCUT2D eigenvalue weighted by Gasteiger charge is 2.26. The fraction of sp³-hybridized carbons (Fsp3) is 0.357. The van der Waals surface area contributed by atoms with Gasteiger partial charge in [-0.15, -0.1) is 0 Å². The van der Waals surface area contributed by atoms with E-state index in [-0.39, 0.29) is 13.0 Å². The molecule has 5 N–H and O–H groups in total. The van der Waals surface area contributed by atoms with Crippen LogP contribution in [0.15, 0.2) is 24.3 Å². The predicted octanol–water partition coefficient (Wildman–Crippen LogP) is 0.377. The van der Waals surface area contributed by atoms with E-state index in [1.807, 2.05) is 0 Å². The number of aliphatic carboxylic acids is 1. The maximum Gasteiger partial charge on any atom is 0.315 e. The van der Waals surface area contributed by atoms with Gasteiger partial charge in [0.05, 0.1) is 6.42 Å². The van der Waals surface area contributed by atoms with Crippen molar-refractivity contribution in [1.29, 1.82) is 0 Å². The van der Waals surface area contributed by atoms with Gasteiger partial charge in [0.15, 0.2) is 0 Å². The number of hydrogen-bond donors (Lipinski definition) is 4. The van der Waals surface area contributed by atoms with Crippen molar-refractivity contribution in [2.45, 2.75) is 32.4 Å². The second kappa shape index (κ2) is 6.74. The van der Waals surface area contributed by atoms with Crippen LogP contribution in [0.5, 0.6) is 0 Å². The first-order valence-electron chi connectivity index (χ1n) is 6.37. The molecule has 0 saturated carbocycles. The molecule has 0 aliphatic carbocycles. The van der Waals surface area contributed by atoms with Gasteiger partial charge in [-0.05, 0) is 25.0 Å². The van der Waals surface area contributed by atoms with Gasteiger partial charge < -0.3 is 21.5 Å². The maximum atomic E-state index is 11.7. The average Bonchev–Trinajstić information content (AvgIpc) is 2.36. The summed E-state index contributed by atoms with van der Waals surface area (Å²) >= 11 is 0. The lowest BCUT2D eigenvalue weighted by Crippen LogP contribution is -2.55. The Kier molecular flexibility index (Phi) is 5.29. The van der Waals surface area contributed by atoms with Crippen LogP contribution in [0.3, 0.4) is 0 Å². The third-order valence-electron chi connectivity index (χ3n) is 2.94. The van der Waals surface area contributed by atoms with E-state index in [0.29, 0.717) is 11.1 Å². The Balaban J connectivity index is 2.65. The number of rotatable bonds is 6. The van der Waals surface area contributed by atoms with Gasteiger partial charge in [0.25, 0.3) is 0 Å². The molecule has 7 heteroatoms. The molecule has 1 rings (SSSR count). The molecule has 0 atom stereocenters. The topological polar surface area (TPSA) is 122 Å². The van der Waals surface area contributed by atoms with E-state index >= 15 is 0 Å². The molecule has 0 aliphatic rings. The molecule has 0 spiro atoms. The Labute approximate surface area is 122 Å². The molecule has 21 heavy (non-hydrogen) atoms. The second-order valence-electron chi connectivity index (χ2n) is 5.14. The van der Waals surface area contributed by atoms with Crippen LogP contribution in [-0.2, 0) is 22.6 Å². The summed E-state index contributed by atoms with van der Waals surface area (Å²) in [5, 5.41) is 13.8. The number of carbonyl (C=O) groups is 3. The molecule has 0 fully saturated rings. The minimum atomic E-state index is -1.16. The first kappa shape index (κ1) is 16.5. The van der Waals surface area contributed by atoms with Crippen molar-refractivity contribution in [2.24, 2.45) is 5.73 Å². The minimum Gasteiger partial charge on any atom is -0.481 e. The number of amides is 3. The zero-order chi connectivity index (χ0) is 16.0. The van der Waals surface area contributed by atoms with Crippen molar-refractivity contribution in [3.8, 4) is 0 Å². The lowest BCUT2D eigenvalue weighted by atomic mass is 10.0. The Morgan fingerprint density at radius 2 is 1.76 bits per heavy atom. The number of benzene rings is 1. The lowest BCUT2D eigenvalue weighted by molar-refractivity contribution is -0.136. The monoisotopic (exact) mass is 293 g/mol. The highest BCUT2D eigenvalue weighted by Crippen LogP contribution is 2.09. The van der Waals surface area contributed by atoms with Crippen LogP contribution in [0.4, 0.5) is 4.79 Å². The van der Waals surface area contributed by atoms with Gasteiger partial charge in [-0.3, -0.25) is 9.59 Å². The van der Waals surface area contributed by atoms with E-state index in [0.717, 1.165) is 0 Å². The summed E-state index contributed by atoms with van der Waals surface area (Å²) in [6.07, 6.45) is -0.119. The Morgan fingerprint density at radius 3 is 2.29 bits per heavy atom. The van der Waals surface area contributed by atoms with Gasteiger partial charge >= 0.3 is 12.0 Å². The van der Waals surface area contributed by atoms with Crippen LogP contribution in [0.1, 0.15) is 25.0 Å². The van der Waals surface area contributed by atoms with Gasteiger partial charge in [0, 0.05) is 6.54 Å². The van der Waals surface area contributed by atoms with Crippen molar-refractivity contribution in [1.82, 2.24) is 10.6 Å². The SMILES string of the molecule is CC(C)(NC(=O)NCc1ccccc1CC(=O)O)C(N)=O. The van der Waals surface area contributed by atoms with Gasteiger partial charge in [-0.2, -0.15) is 0 Å². The number of nitrogens with two attached hydrogens (primary N) is 1. The molecule has 3 amide bonds. The Hall–Kier alpha value is -2.57. The second-order valence-corrected chi connectivity index (χ2v) is 5.14. The lowest BCUT2D eigenvalue weighted by Gasteiger charge is -2.22. The van der Waals surface area contributed by atoms with E-state index in [9.17, 15) is 14.4 Å². The van der Waals surface area contributed by atoms with Crippen LogP contribution in [0, 0.1) is 0 Å². The smallest absolute Gasteiger partial charge is 0.315 e. The molecule has 114 valence electrons. The van der Waals surface area contributed by atoms with E-state index in [2.05, 4.69) is 10.6 Å². The number of carboxylic acid groups (broad SMARTS) is 1. The molecule has 1 aromatic carbocycles. The number of carbonyl (C=O) groups excluding carboxylic acids is 2. The summed E-state index contributed by atoms with van der Waals surface area (Å²) in [4.78, 5) is 33.6. The Morgan fingerprint density at radius 1 is 1.19 bits per heavy atom. The number of primary amides is 1. The van der Waals surface area contributed by atoms with Crippen molar-refractivity contribution in [3.05, 3.63) is 35.4 Å². The van der Waals surface area contributed by atoms with Gasteiger partial charge in [0.1, 0.15) is 5.54 Å². The third kappa shape index (κ3) is 5.13. The summed E-state index contributed by atoms with van der Waals surface area (Å²) < 4.78 is 0. The number of carboxylic acids is 1. The molecule has 0 heterocycles. The summed E-state index contributed by atoms with van der Waals surface area (Å²) in [5.74, 6) is -1.59. The molecule has 0 aliphatic heterocycles. The zero-order valence-electron chi connectivity index (χ0n) is 12.0. The van der Waals surface area contributed by atoms with Crippen molar-refractivity contribution in [3.63, 3.8) is 0 Å². The normalized spacial score (nSPS) is 10.8. The van der Waals surface area contributed by atoms with Crippen molar-refractivity contribution < 1.29 is 19.5 Å². The molecule has 0 bridgehead atoms. The third-order valence-corrected chi connectivity index (χ3v) is 2.94. The van der Waals surface area contributed by atoms with Crippen LogP contribution in [0.25, 0.3) is 0 Å². The number of urea groups is 1. The molecular weight excluding hydrogens is 274 g/mol. The Bertz CT molecular complexity index is 555. The molecule has 7 nitrogen and oxygen atoms in total. The summed E-state index contributed by atoms with van der Waals surface area (Å²) in [6.45, 7) is 3.14. The quantitative estimate of drug-likeness (QED) is 0.605. The van der Waals surface area contributed by atoms with E-state index in [1.165, 1.54) is 13.8 Å². The fourth-order valence-corrected chi connectivity index (χ4v) is 1.63. The standard InChI is InChI=1S/C14H19N3O4/c1-14(2,12(15)20)17-13(21)16-8-10-6-4-3-5-9(10)7-11(18)19/h3-6H,7-8H2,1-2H3,(H2,15,20)(H,18,19)(H2,16,17,21). The fourth-order valence-electron chi connectivity index (χ4n) is 1.63. The summed E-state index contributed by atoms with van der Waals surface area (Å²) in [6, 6.07) is 6.36. The predicted molar refractivity (Wildman–Crippen MR) is 76.4 cm³/mol. The molecular formula is C14H19N3O4. The van der Waals surface area contributed by atoms with E-state index in [1.54, 1.807) is 24.3 Å². The van der Waals surface area contributed by atoms with Crippen molar-refractivity contribution in [2.75, 3.05) is 0 Å². The summed E-state index contributed by atoms with van der Waals surface area (Å²) in [7, 11) is 0. The van der Waals surface area contributed by atoms with Crippen LogP contribution >= 0.6 is 0 Å². The molecule has 0 aromatic heterocycles. The molecule has 0 saturated heterocycles. The first-order chi connectivity index (χ1) is 9.72. The summed E-state index contributed by atoms with van der Waals surface area (Å²) in [5.41, 5.74) is 5.32. The van der Waals surface area contributed by atoms with Gasteiger partial charge in [0.2, 0.25) is 5.91 Å². The van der Waals surface area contributed by atoms with Crippen molar-refractivity contribution >= 4 is 17.9 Å². The zero-order valence-corrected chi connectivity index (χ0v) is 12.0. The molecule has 0 unspecified atom stereocenters. The molecule has 0 radical (unpaired) electrons. The van der Waals surface area contributed by atoms with E-state index < -0.39 is 23.4 Å². The number of hydrogen-bond acceptors (Lipinski definition) is 3. The van der Waals surface area contributed by atoms with Crippen LogP contribution in [0.2, 0.25) is 0 Å². The number of nitrogens with one attached hydrogen (secondary N) is 2. The first-order valence-corrected chi connectivity index (χ1v) is 6.37. The van der Waals surface area contributed by atoms with Gasteiger partial charge in [-0.1, -0.05) is 24.3 Å². The van der Waals surface area contributed by atoms with Crippen LogP contribution < -0.4 is 16.4 Å². The average molecular weight is 293 g/mol. The highest BCUT2D eigenvalue weighted by atomic mass is 16.4. The highest BCUT2D eigenvalue weighted by molar-refractivity contribution is 5.89. The van der Waals surface area contributed by atoms with E-state index in [4.69, 9.17) is 10.8 Å².